The second-order valence-electron chi connectivity index (χ2n) is 6.98. The third-order valence-corrected chi connectivity index (χ3v) is 5.03. The summed E-state index contributed by atoms with van der Waals surface area (Å²) in [5.41, 5.74) is 4.93. The monoisotopic (exact) mass is 337 g/mol. The van der Waals surface area contributed by atoms with Gasteiger partial charge in [0.15, 0.2) is 0 Å². The molecule has 1 aliphatic heterocycles. The van der Waals surface area contributed by atoms with Gasteiger partial charge in [0, 0.05) is 43.6 Å². The summed E-state index contributed by atoms with van der Waals surface area (Å²) in [6.07, 6.45) is 7.09. The first-order valence-corrected chi connectivity index (χ1v) is 9.12. The van der Waals surface area contributed by atoms with E-state index in [1.165, 1.54) is 16.7 Å². The molecule has 1 aromatic carbocycles. The van der Waals surface area contributed by atoms with E-state index in [2.05, 4.69) is 42.3 Å². The van der Waals surface area contributed by atoms with Crippen molar-refractivity contribution in [3.63, 3.8) is 0 Å². The highest BCUT2D eigenvalue weighted by atomic mass is 16.2. The van der Waals surface area contributed by atoms with Gasteiger partial charge in [-0.3, -0.25) is 9.78 Å². The number of aromatic nitrogens is 1. The van der Waals surface area contributed by atoms with E-state index < -0.39 is 0 Å². The molecule has 1 N–H and O–H groups in total. The van der Waals surface area contributed by atoms with Crippen molar-refractivity contribution in [1.29, 1.82) is 0 Å². The van der Waals surface area contributed by atoms with Crippen molar-refractivity contribution in [3.8, 4) is 0 Å². The number of carbonyl (C=O) groups is 1. The van der Waals surface area contributed by atoms with E-state index in [0.717, 1.165) is 38.0 Å². The molecule has 0 aliphatic carbocycles. The summed E-state index contributed by atoms with van der Waals surface area (Å²) in [6, 6.07) is 10.8. The Morgan fingerprint density at radius 1 is 1.20 bits per heavy atom. The predicted molar refractivity (Wildman–Crippen MR) is 102 cm³/mol. The SMILES string of the molecule is Cc1ccc(N[C@H]2CCCN(C(=O)CCc3ccncc3)C2)cc1C. The predicted octanol–water partition coefficient (Wildman–Crippen LogP) is 3.73. The number of benzene rings is 1. The van der Waals surface area contributed by atoms with Gasteiger partial charge in [-0.1, -0.05) is 6.07 Å². The molecule has 132 valence electrons. The number of rotatable bonds is 5. The van der Waals surface area contributed by atoms with Gasteiger partial charge in [-0.05, 0) is 74.1 Å². The van der Waals surface area contributed by atoms with Crippen molar-refractivity contribution < 1.29 is 4.79 Å². The summed E-state index contributed by atoms with van der Waals surface area (Å²) in [7, 11) is 0. The molecule has 0 saturated carbocycles. The Morgan fingerprint density at radius 3 is 2.76 bits per heavy atom. The van der Waals surface area contributed by atoms with Crippen molar-refractivity contribution in [2.45, 2.75) is 45.6 Å². The second-order valence-corrected chi connectivity index (χ2v) is 6.98. The lowest BCUT2D eigenvalue weighted by Crippen LogP contribution is -2.45. The molecule has 0 bridgehead atoms. The van der Waals surface area contributed by atoms with Gasteiger partial charge in [-0.15, -0.1) is 0 Å². The van der Waals surface area contributed by atoms with Gasteiger partial charge in [0.25, 0.3) is 0 Å². The van der Waals surface area contributed by atoms with Gasteiger partial charge in [0.05, 0.1) is 0 Å². The maximum Gasteiger partial charge on any atom is 0.222 e. The lowest BCUT2D eigenvalue weighted by Gasteiger charge is -2.34. The summed E-state index contributed by atoms with van der Waals surface area (Å²) < 4.78 is 0. The first-order valence-electron chi connectivity index (χ1n) is 9.12. The number of anilines is 1. The maximum absolute atomic E-state index is 12.6. The summed E-state index contributed by atoms with van der Waals surface area (Å²) in [6.45, 7) is 5.93. The zero-order valence-electron chi connectivity index (χ0n) is 15.2. The summed E-state index contributed by atoms with van der Waals surface area (Å²) in [5, 5.41) is 3.61. The number of hydrogen-bond donors (Lipinski definition) is 1. The Morgan fingerprint density at radius 2 is 2.00 bits per heavy atom. The van der Waals surface area contributed by atoms with Crippen LogP contribution in [0.25, 0.3) is 0 Å². The number of amides is 1. The third kappa shape index (κ3) is 4.81. The molecular weight excluding hydrogens is 310 g/mol. The molecule has 1 amide bonds. The van der Waals surface area contributed by atoms with Crippen LogP contribution in [0.1, 0.15) is 36.0 Å². The van der Waals surface area contributed by atoms with Gasteiger partial charge >= 0.3 is 0 Å². The molecule has 0 unspecified atom stereocenters. The fourth-order valence-electron chi connectivity index (χ4n) is 3.35. The first kappa shape index (κ1) is 17.5. The number of pyridine rings is 1. The molecule has 2 aromatic rings. The second kappa shape index (κ2) is 8.15. The van der Waals surface area contributed by atoms with Crippen LogP contribution in [0.2, 0.25) is 0 Å². The number of aryl methyl sites for hydroxylation is 3. The molecule has 0 radical (unpaired) electrons. The minimum Gasteiger partial charge on any atom is -0.381 e. The smallest absolute Gasteiger partial charge is 0.222 e. The highest BCUT2D eigenvalue weighted by Gasteiger charge is 2.23. The molecule has 1 aromatic heterocycles. The largest absolute Gasteiger partial charge is 0.381 e. The van der Waals surface area contributed by atoms with Crippen LogP contribution in [0.15, 0.2) is 42.7 Å². The van der Waals surface area contributed by atoms with Crippen molar-refractivity contribution in [2.75, 3.05) is 18.4 Å². The Hall–Kier alpha value is -2.36. The number of piperidine rings is 1. The van der Waals surface area contributed by atoms with Gasteiger partial charge in [-0.2, -0.15) is 0 Å². The van der Waals surface area contributed by atoms with E-state index in [0.29, 0.717) is 12.5 Å². The molecule has 0 spiro atoms. The highest BCUT2D eigenvalue weighted by Crippen LogP contribution is 2.19. The van der Waals surface area contributed by atoms with Crippen LogP contribution >= 0.6 is 0 Å². The van der Waals surface area contributed by atoms with Crippen LogP contribution in [0.5, 0.6) is 0 Å². The van der Waals surface area contributed by atoms with E-state index in [-0.39, 0.29) is 5.91 Å². The molecule has 1 aliphatic rings. The zero-order chi connectivity index (χ0) is 17.6. The number of hydrogen-bond acceptors (Lipinski definition) is 3. The van der Waals surface area contributed by atoms with E-state index >= 15 is 0 Å². The summed E-state index contributed by atoms with van der Waals surface area (Å²) in [5.74, 6) is 0.253. The molecule has 3 rings (SSSR count). The lowest BCUT2D eigenvalue weighted by atomic mass is 10.0. The van der Waals surface area contributed by atoms with Gasteiger partial charge in [-0.25, -0.2) is 0 Å². The molecule has 4 heteroatoms. The summed E-state index contributed by atoms with van der Waals surface area (Å²) in [4.78, 5) is 18.6. The molecule has 1 saturated heterocycles. The van der Waals surface area contributed by atoms with Gasteiger partial charge in [0.1, 0.15) is 0 Å². The van der Waals surface area contributed by atoms with E-state index in [1.54, 1.807) is 12.4 Å². The summed E-state index contributed by atoms with van der Waals surface area (Å²) >= 11 is 0. The standard InChI is InChI=1S/C21H27N3O/c1-16-5-7-19(14-17(16)2)23-20-4-3-13-24(15-20)21(25)8-6-18-9-11-22-12-10-18/h5,7,9-12,14,20,23H,3-4,6,8,13,15H2,1-2H3/t20-/m0/s1. The Labute approximate surface area is 150 Å². The average molecular weight is 337 g/mol. The van der Waals surface area contributed by atoms with Gasteiger partial charge < -0.3 is 10.2 Å². The molecule has 4 nitrogen and oxygen atoms in total. The van der Waals surface area contributed by atoms with E-state index in [4.69, 9.17) is 0 Å². The quantitative estimate of drug-likeness (QED) is 0.904. The number of likely N-dealkylation sites (tertiary alicyclic amines) is 1. The van der Waals surface area contributed by atoms with Crippen LogP contribution in [-0.4, -0.2) is 34.9 Å². The molecular formula is C21H27N3O. The van der Waals surface area contributed by atoms with Crippen molar-refractivity contribution in [3.05, 3.63) is 59.4 Å². The topological polar surface area (TPSA) is 45.2 Å². The fourth-order valence-corrected chi connectivity index (χ4v) is 3.35. The number of nitrogens with zero attached hydrogens (tertiary/aromatic N) is 2. The van der Waals surface area contributed by atoms with Crippen molar-refractivity contribution in [2.24, 2.45) is 0 Å². The van der Waals surface area contributed by atoms with E-state index in [1.807, 2.05) is 17.0 Å². The Bertz CT molecular complexity index is 714. The van der Waals surface area contributed by atoms with Crippen LogP contribution in [-0.2, 0) is 11.2 Å². The van der Waals surface area contributed by atoms with Crippen LogP contribution in [0.4, 0.5) is 5.69 Å². The number of carbonyl (C=O) groups excluding carboxylic acids is 1. The number of nitrogens with one attached hydrogen (secondary N) is 1. The highest BCUT2D eigenvalue weighted by molar-refractivity contribution is 5.76. The normalized spacial score (nSPS) is 17.4. The van der Waals surface area contributed by atoms with Crippen molar-refractivity contribution in [1.82, 2.24) is 9.88 Å². The van der Waals surface area contributed by atoms with Crippen LogP contribution in [0, 0.1) is 13.8 Å². The zero-order valence-corrected chi connectivity index (χ0v) is 15.2. The fraction of sp³-hybridized carbons (Fsp3) is 0.429. The maximum atomic E-state index is 12.6. The average Bonchev–Trinajstić information content (AvgIpc) is 2.64. The molecule has 25 heavy (non-hydrogen) atoms. The molecule has 1 atom stereocenters. The van der Waals surface area contributed by atoms with E-state index in [9.17, 15) is 4.79 Å². The Balaban J connectivity index is 1.53. The first-order chi connectivity index (χ1) is 12.1. The minimum absolute atomic E-state index is 0.253. The van der Waals surface area contributed by atoms with Crippen molar-refractivity contribution >= 4 is 11.6 Å². The van der Waals surface area contributed by atoms with Crippen LogP contribution in [0.3, 0.4) is 0 Å². The van der Waals surface area contributed by atoms with Crippen LogP contribution < -0.4 is 5.32 Å². The van der Waals surface area contributed by atoms with Gasteiger partial charge in [0.2, 0.25) is 5.91 Å². The lowest BCUT2D eigenvalue weighted by molar-refractivity contribution is -0.132. The third-order valence-electron chi connectivity index (χ3n) is 5.03. The molecule has 1 fully saturated rings. The Kier molecular flexibility index (Phi) is 5.69. The molecule has 2 heterocycles. The minimum atomic E-state index is 0.253.